The molecule has 2 rings (SSSR count). The number of hydrogen-bond donors (Lipinski definition) is 0. The molecule has 0 heterocycles. The van der Waals surface area contributed by atoms with E-state index in [1.165, 1.54) is 18.2 Å². The lowest BCUT2D eigenvalue weighted by Gasteiger charge is -1.89. The van der Waals surface area contributed by atoms with E-state index in [0.717, 1.165) is 0 Å². The first-order valence-corrected chi connectivity index (χ1v) is 4.41. The highest BCUT2D eigenvalue weighted by Crippen LogP contribution is 2.15. The van der Waals surface area contributed by atoms with Crippen LogP contribution in [0.4, 0.5) is 5.69 Å². The maximum atomic E-state index is 11.3. The van der Waals surface area contributed by atoms with Crippen molar-refractivity contribution in [3.63, 3.8) is 0 Å². The van der Waals surface area contributed by atoms with Gasteiger partial charge in [-0.05, 0) is 30.4 Å². The molecule has 0 radical (unpaired) electrons. The third-order valence-corrected chi connectivity index (χ3v) is 2.17. The summed E-state index contributed by atoms with van der Waals surface area (Å²) >= 11 is 4.40. The van der Waals surface area contributed by atoms with Gasteiger partial charge in [0.15, 0.2) is 0 Å². The average molecular weight is 217 g/mol. The van der Waals surface area contributed by atoms with Gasteiger partial charge in [0.1, 0.15) is 0 Å². The molecule has 0 saturated carbocycles. The highest BCUT2D eigenvalue weighted by Gasteiger charge is 2.11. The SMILES string of the molecule is O=c1c(=O)c2ccc(N=C=S)cc2c1=O. The highest BCUT2D eigenvalue weighted by molar-refractivity contribution is 7.78. The van der Waals surface area contributed by atoms with Crippen LogP contribution in [0.25, 0.3) is 10.8 Å². The molecule has 0 N–H and O–H groups in total. The minimum Gasteiger partial charge on any atom is -0.285 e. The highest BCUT2D eigenvalue weighted by atomic mass is 32.1. The van der Waals surface area contributed by atoms with E-state index in [2.05, 4.69) is 22.4 Å². The zero-order valence-corrected chi connectivity index (χ0v) is 8.13. The summed E-state index contributed by atoms with van der Waals surface area (Å²) in [5.41, 5.74) is -2.13. The monoisotopic (exact) mass is 217 g/mol. The Balaban J connectivity index is 3.01. The van der Waals surface area contributed by atoms with Crippen LogP contribution in [-0.4, -0.2) is 5.16 Å². The molecule has 0 aliphatic carbocycles. The second kappa shape index (κ2) is 3.31. The summed E-state index contributed by atoms with van der Waals surface area (Å²) in [6, 6.07) is 4.26. The van der Waals surface area contributed by atoms with Crippen LogP contribution >= 0.6 is 12.2 Å². The Hall–Kier alpha value is -1.97. The summed E-state index contributed by atoms with van der Waals surface area (Å²) in [5.74, 6) is 0. The molecule has 0 bridgehead atoms. The zero-order chi connectivity index (χ0) is 11.0. The third-order valence-electron chi connectivity index (χ3n) is 2.08. The van der Waals surface area contributed by atoms with Crippen LogP contribution in [0.2, 0.25) is 0 Å². The molecule has 4 nitrogen and oxygen atoms in total. The Bertz CT molecular complexity index is 734. The van der Waals surface area contributed by atoms with Crippen LogP contribution in [0.3, 0.4) is 0 Å². The van der Waals surface area contributed by atoms with Crippen molar-refractivity contribution in [2.24, 2.45) is 4.99 Å². The van der Waals surface area contributed by atoms with Gasteiger partial charge in [0, 0.05) is 10.8 Å². The average Bonchev–Trinajstić information content (AvgIpc) is 2.45. The smallest absolute Gasteiger partial charge is 0.273 e. The summed E-state index contributed by atoms with van der Waals surface area (Å²) in [6.45, 7) is 0. The van der Waals surface area contributed by atoms with E-state index in [-0.39, 0.29) is 10.8 Å². The molecule has 0 saturated heterocycles. The molecular formula is C10H3NO3S. The Labute approximate surface area is 88.2 Å². The normalized spacial score (nSPS) is 10.1. The minimum absolute atomic E-state index is 0.0940. The number of thiocarbonyl (C=S) groups is 1. The molecule has 0 amide bonds. The Morgan fingerprint density at radius 3 is 2.33 bits per heavy atom. The molecule has 0 aromatic heterocycles. The fraction of sp³-hybridized carbons (Fsp3) is 0. The van der Waals surface area contributed by atoms with Crippen LogP contribution in [0.5, 0.6) is 0 Å². The predicted molar refractivity (Wildman–Crippen MR) is 59.8 cm³/mol. The topological polar surface area (TPSA) is 63.6 Å². The summed E-state index contributed by atoms with van der Waals surface area (Å²) in [7, 11) is 0. The van der Waals surface area contributed by atoms with Gasteiger partial charge in [0.25, 0.3) is 5.43 Å². The molecule has 2 aromatic carbocycles. The summed E-state index contributed by atoms with van der Waals surface area (Å²) in [4.78, 5) is 37.3. The second-order valence-electron chi connectivity index (χ2n) is 2.92. The first-order valence-electron chi connectivity index (χ1n) is 4.00. The number of fused-ring (bicyclic) bond motifs is 1. The van der Waals surface area contributed by atoms with Gasteiger partial charge in [-0.25, -0.2) is 0 Å². The van der Waals surface area contributed by atoms with E-state index in [0.29, 0.717) is 5.69 Å². The van der Waals surface area contributed by atoms with E-state index in [1.54, 1.807) is 0 Å². The van der Waals surface area contributed by atoms with Crippen molar-refractivity contribution < 1.29 is 0 Å². The fourth-order valence-corrected chi connectivity index (χ4v) is 1.49. The van der Waals surface area contributed by atoms with Gasteiger partial charge in [-0.2, -0.15) is 4.99 Å². The Morgan fingerprint density at radius 1 is 1.00 bits per heavy atom. The van der Waals surface area contributed by atoms with Gasteiger partial charge < -0.3 is 0 Å². The summed E-state index contributed by atoms with van der Waals surface area (Å²) in [6.07, 6.45) is 0. The summed E-state index contributed by atoms with van der Waals surface area (Å²) < 4.78 is 0. The largest absolute Gasteiger partial charge is 0.285 e. The van der Waals surface area contributed by atoms with Crippen LogP contribution in [0.1, 0.15) is 0 Å². The Morgan fingerprint density at radius 2 is 1.67 bits per heavy atom. The van der Waals surface area contributed by atoms with Gasteiger partial charge in [0.05, 0.1) is 10.8 Å². The zero-order valence-electron chi connectivity index (χ0n) is 7.31. The first kappa shape index (κ1) is 9.58. The van der Waals surface area contributed by atoms with Crippen molar-refractivity contribution in [2.75, 3.05) is 0 Å². The molecule has 72 valence electrons. The van der Waals surface area contributed by atoms with Crippen LogP contribution in [0.15, 0.2) is 37.6 Å². The quantitative estimate of drug-likeness (QED) is 0.397. The van der Waals surface area contributed by atoms with Gasteiger partial charge in [-0.3, -0.25) is 14.4 Å². The maximum absolute atomic E-state index is 11.3. The molecule has 15 heavy (non-hydrogen) atoms. The number of aliphatic imine (C=N–C) groups is 1. The molecule has 0 atom stereocenters. The number of isothiocyanates is 1. The molecule has 0 fully saturated rings. The van der Waals surface area contributed by atoms with Crippen LogP contribution in [0, 0.1) is 0 Å². The van der Waals surface area contributed by atoms with Crippen LogP contribution < -0.4 is 16.3 Å². The number of hydrogen-bond acceptors (Lipinski definition) is 5. The van der Waals surface area contributed by atoms with Crippen molar-refractivity contribution in [1.82, 2.24) is 0 Å². The van der Waals surface area contributed by atoms with Crippen molar-refractivity contribution in [1.29, 1.82) is 0 Å². The van der Waals surface area contributed by atoms with E-state index < -0.39 is 16.3 Å². The standard InChI is InChI=1S/C10H3NO3S/c12-8-6-2-1-5(11-4-15)3-7(6)9(13)10(8)14/h1-3H. The van der Waals surface area contributed by atoms with E-state index >= 15 is 0 Å². The molecule has 0 aliphatic heterocycles. The number of nitrogens with zero attached hydrogens (tertiary/aromatic N) is 1. The molecule has 0 aliphatic rings. The molecule has 5 heteroatoms. The van der Waals surface area contributed by atoms with Gasteiger partial charge in [0.2, 0.25) is 10.9 Å². The van der Waals surface area contributed by atoms with E-state index in [9.17, 15) is 14.4 Å². The number of benzene rings is 1. The fourth-order valence-electron chi connectivity index (χ4n) is 1.39. The lowest BCUT2D eigenvalue weighted by atomic mass is 10.2. The Kier molecular flexibility index (Phi) is 2.11. The van der Waals surface area contributed by atoms with Crippen molar-refractivity contribution in [2.45, 2.75) is 0 Å². The predicted octanol–water partition coefficient (Wildman–Crippen LogP) is 0.530. The maximum Gasteiger partial charge on any atom is 0.273 e. The second-order valence-corrected chi connectivity index (χ2v) is 3.10. The van der Waals surface area contributed by atoms with Crippen molar-refractivity contribution in [3.05, 3.63) is 48.9 Å². The first-order chi connectivity index (χ1) is 7.15. The molecular weight excluding hydrogens is 214 g/mol. The molecule has 0 unspecified atom stereocenters. The van der Waals surface area contributed by atoms with E-state index in [1.807, 2.05) is 0 Å². The third kappa shape index (κ3) is 1.34. The van der Waals surface area contributed by atoms with Crippen LogP contribution in [-0.2, 0) is 0 Å². The molecule has 0 spiro atoms. The van der Waals surface area contributed by atoms with Crippen molar-refractivity contribution in [3.8, 4) is 0 Å². The van der Waals surface area contributed by atoms with Gasteiger partial charge in [-0.15, -0.1) is 0 Å². The van der Waals surface area contributed by atoms with E-state index in [4.69, 9.17) is 0 Å². The lowest BCUT2D eigenvalue weighted by molar-refractivity contribution is 1.55. The number of rotatable bonds is 1. The van der Waals surface area contributed by atoms with Crippen molar-refractivity contribution >= 4 is 33.8 Å². The van der Waals surface area contributed by atoms with Gasteiger partial charge >= 0.3 is 0 Å². The van der Waals surface area contributed by atoms with Gasteiger partial charge in [-0.1, -0.05) is 0 Å². The summed E-state index contributed by atoms with van der Waals surface area (Å²) in [5, 5.41) is 2.37. The minimum atomic E-state index is -0.992. The lowest BCUT2D eigenvalue weighted by Crippen LogP contribution is -2.29. The molecule has 2 aromatic rings.